The van der Waals surface area contributed by atoms with Crippen LogP contribution in [0.2, 0.25) is 0 Å². The summed E-state index contributed by atoms with van der Waals surface area (Å²) in [6.07, 6.45) is -1.45. The van der Waals surface area contributed by atoms with Crippen molar-refractivity contribution in [1.29, 1.82) is 0 Å². The number of anilines is 2. The molecule has 5 rings (SSSR count). The van der Waals surface area contributed by atoms with Crippen molar-refractivity contribution in [2.45, 2.75) is 19.3 Å². The number of alkyl halides is 3. The molecule has 0 aliphatic carbocycles. The van der Waals surface area contributed by atoms with Crippen LogP contribution >= 0.6 is 11.6 Å². The van der Waals surface area contributed by atoms with E-state index in [1.807, 2.05) is 9.80 Å². The number of hydrogen-bond donors (Lipinski definition) is 0. The van der Waals surface area contributed by atoms with Crippen molar-refractivity contribution in [3.8, 4) is 11.7 Å². The Morgan fingerprint density at radius 2 is 1.79 bits per heavy atom. The van der Waals surface area contributed by atoms with Gasteiger partial charge in [-0.3, -0.25) is 4.57 Å². The molecule has 3 aromatic rings. The average molecular weight is 572 g/mol. The zero-order valence-electron chi connectivity index (χ0n) is 20.8. The molecule has 15 heteroatoms. The summed E-state index contributed by atoms with van der Waals surface area (Å²) < 4.78 is 64.8. The average Bonchev–Trinajstić information content (AvgIpc) is 3.34. The van der Waals surface area contributed by atoms with Crippen LogP contribution in [0.25, 0.3) is 17.0 Å². The first-order chi connectivity index (χ1) is 18.3. The van der Waals surface area contributed by atoms with Gasteiger partial charge in [-0.05, 0) is 30.9 Å². The minimum Gasteiger partial charge on any atom is -0.494 e. The Kier molecular flexibility index (Phi) is 7.82. The Morgan fingerprint density at radius 1 is 1.08 bits per heavy atom. The first-order valence-corrected chi connectivity index (χ1v) is 14.6. The number of piperidine rings is 1. The molecule has 4 heterocycles. The molecule has 2 aliphatic rings. The third-order valence-electron chi connectivity index (χ3n) is 6.64. The summed E-state index contributed by atoms with van der Waals surface area (Å²) in [4.78, 5) is 21.9. The molecule has 1 atom stereocenters. The predicted molar refractivity (Wildman–Crippen MR) is 138 cm³/mol. The first kappa shape index (κ1) is 26.8. The van der Waals surface area contributed by atoms with Gasteiger partial charge in [0, 0.05) is 26.2 Å². The Balaban J connectivity index is 1.62. The van der Waals surface area contributed by atoms with Gasteiger partial charge < -0.3 is 19.3 Å². The van der Waals surface area contributed by atoms with E-state index in [4.69, 9.17) is 21.1 Å². The molecule has 38 heavy (non-hydrogen) atoms. The highest BCUT2D eigenvalue weighted by atomic mass is 35.5. The smallest absolute Gasteiger partial charge is 0.296 e. The number of aromatic nitrogens is 5. The lowest BCUT2D eigenvalue weighted by atomic mass is 10.0. The molecule has 0 bridgehead atoms. The highest BCUT2D eigenvalue weighted by Gasteiger charge is 2.30. The Bertz CT molecular complexity index is 1400. The molecule has 11 nitrogen and oxygen atoms in total. The molecule has 2 aromatic heterocycles. The summed E-state index contributed by atoms with van der Waals surface area (Å²) in [5.74, 6) is 0.253. The summed E-state index contributed by atoms with van der Waals surface area (Å²) in [6.45, 7) is 2.99. The molecule has 0 spiro atoms. The SMILES string of the molecule is COc1cccc2c1nc(C(F)F)n2-c1nc(N2CCOCC2)nc(N2CCC[C@@H](CS(=O)(=O)CCl)C2)n1. The van der Waals surface area contributed by atoms with Crippen molar-refractivity contribution in [1.82, 2.24) is 24.5 Å². The fourth-order valence-electron chi connectivity index (χ4n) is 4.89. The van der Waals surface area contributed by atoms with Crippen LogP contribution < -0.4 is 14.5 Å². The number of rotatable bonds is 8. The Labute approximate surface area is 223 Å². The van der Waals surface area contributed by atoms with Gasteiger partial charge in [-0.25, -0.2) is 22.2 Å². The number of sulfone groups is 1. The molecule has 0 amide bonds. The van der Waals surface area contributed by atoms with Crippen LogP contribution in [0.4, 0.5) is 20.7 Å². The van der Waals surface area contributed by atoms with E-state index >= 15 is 0 Å². The minimum absolute atomic E-state index is 0.00181. The largest absolute Gasteiger partial charge is 0.494 e. The molecule has 2 aliphatic heterocycles. The zero-order chi connectivity index (χ0) is 26.9. The third kappa shape index (κ3) is 5.47. The number of methoxy groups -OCH3 is 1. The summed E-state index contributed by atoms with van der Waals surface area (Å²) in [5.41, 5.74) is 0.638. The van der Waals surface area contributed by atoms with Crippen LogP contribution in [0.1, 0.15) is 25.1 Å². The van der Waals surface area contributed by atoms with Gasteiger partial charge in [0.15, 0.2) is 15.7 Å². The Hall–Kier alpha value is -2.84. The number of halogens is 3. The van der Waals surface area contributed by atoms with Crippen molar-refractivity contribution in [2.24, 2.45) is 5.92 Å². The zero-order valence-corrected chi connectivity index (χ0v) is 22.3. The molecule has 0 saturated carbocycles. The first-order valence-electron chi connectivity index (χ1n) is 12.2. The predicted octanol–water partition coefficient (Wildman–Crippen LogP) is 2.82. The van der Waals surface area contributed by atoms with Crippen molar-refractivity contribution < 1.29 is 26.7 Å². The van der Waals surface area contributed by atoms with Crippen molar-refractivity contribution in [3.63, 3.8) is 0 Å². The van der Waals surface area contributed by atoms with Gasteiger partial charge in [0.25, 0.3) is 6.43 Å². The van der Waals surface area contributed by atoms with E-state index in [0.29, 0.717) is 56.6 Å². The standard InChI is InChI=1S/C23H28ClF2N7O4S/c1-36-17-6-2-5-16-18(17)27-20(19(25)26)33(16)23-29-21(31-8-10-37-11-9-31)28-22(30-23)32-7-3-4-15(12-32)13-38(34,35)14-24/h2,5-6,15,19H,3-4,7-14H2,1H3/t15-/m1/s1. The van der Waals surface area contributed by atoms with Crippen LogP contribution in [0, 0.1) is 5.92 Å². The molecular weight excluding hydrogens is 544 g/mol. The fourth-order valence-corrected chi connectivity index (χ4v) is 6.24. The third-order valence-corrected chi connectivity index (χ3v) is 8.95. The number of para-hydroxylation sites is 1. The van der Waals surface area contributed by atoms with Crippen molar-refractivity contribution in [2.75, 3.05) is 67.3 Å². The maximum Gasteiger partial charge on any atom is 0.296 e. The second-order valence-electron chi connectivity index (χ2n) is 9.24. The van der Waals surface area contributed by atoms with E-state index in [2.05, 4.69) is 19.9 Å². The normalized spacial score (nSPS) is 18.9. The van der Waals surface area contributed by atoms with E-state index in [-0.39, 0.29) is 29.1 Å². The van der Waals surface area contributed by atoms with E-state index in [1.165, 1.54) is 11.7 Å². The van der Waals surface area contributed by atoms with Crippen LogP contribution in [-0.4, -0.2) is 90.4 Å². The minimum atomic E-state index is -3.38. The van der Waals surface area contributed by atoms with Gasteiger partial charge >= 0.3 is 0 Å². The second kappa shape index (κ2) is 11.1. The second-order valence-corrected chi connectivity index (χ2v) is 11.9. The highest BCUT2D eigenvalue weighted by molar-refractivity contribution is 7.92. The molecular formula is C23H28ClF2N7O4S. The van der Waals surface area contributed by atoms with Gasteiger partial charge in [-0.15, -0.1) is 11.6 Å². The van der Waals surface area contributed by atoms with E-state index < -0.39 is 27.3 Å². The molecule has 0 radical (unpaired) electrons. The lowest BCUT2D eigenvalue weighted by Gasteiger charge is -2.33. The lowest BCUT2D eigenvalue weighted by molar-refractivity contribution is 0.122. The molecule has 0 N–H and O–H groups in total. The van der Waals surface area contributed by atoms with Gasteiger partial charge in [0.05, 0.1) is 31.6 Å². The molecule has 2 saturated heterocycles. The van der Waals surface area contributed by atoms with Crippen LogP contribution in [0.5, 0.6) is 5.75 Å². The van der Waals surface area contributed by atoms with Gasteiger partial charge in [-0.1, -0.05) is 6.07 Å². The van der Waals surface area contributed by atoms with E-state index in [9.17, 15) is 17.2 Å². The number of imidazole rings is 1. The Morgan fingerprint density at radius 3 is 2.47 bits per heavy atom. The number of hydrogen-bond acceptors (Lipinski definition) is 10. The monoisotopic (exact) mass is 571 g/mol. The number of morpholine rings is 1. The highest BCUT2D eigenvalue weighted by Crippen LogP contribution is 2.33. The quantitative estimate of drug-likeness (QED) is 0.374. The topological polar surface area (TPSA) is 116 Å². The van der Waals surface area contributed by atoms with Gasteiger partial charge in [0.1, 0.15) is 16.5 Å². The lowest BCUT2D eigenvalue weighted by Crippen LogP contribution is -2.41. The fraction of sp³-hybridized carbons (Fsp3) is 0.565. The molecule has 0 unspecified atom stereocenters. The van der Waals surface area contributed by atoms with Crippen LogP contribution in [0.3, 0.4) is 0 Å². The van der Waals surface area contributed by atoms with E-state index in [1.54, 1.807) is 18.2 Å². The summed E-state index contributed by atoms with van der Waals surface area (Å²) in [5, 5.41) is -0.436. The number of ether oxygens (including phenoxy) is 2. The summed E-state index contributed by atoms with van der Waals surface area (Å²) in [7, 11) is -1.93. The van der Waals surface area contributed by atoms with Crippen molar-refractivity contribution in [3.05, 3.63) is 24.0 Å². The maximum atomic E-state index is 14.2. The summed E-state index contributed by atoms with van der Waals surface area (Å²) >= 11 is 5.63. The number of nitrogens with zero attached hydrogens (tertiary/aromatic N) is 7. The molecule has 206 valence electrons. The number of fused-ring (bicyclic) bond motifs is 1. The maximum absolute atomic E-state index is 14.2. The van der Waals surface area contributed by atoms with Gasteiger partial charge in [-0.2, -0.15) is 15.0 Å². The van der Waals surface area contributed by atoms with Crippen LogP contribution in [-0.2, 0) is 14.6 Å². The summed E-state index contributed by atoms with van der Waals surface area (Å²) in [6, 6.07) is 4.99. The van der Waals surface area contributed by atoms with E-state index in [0.717, 1.165) is 12.8 Å². The van der Waals surface area contributed by atoms with Crippen molar-refractivity contribution >= 4 is 44.4 Å². The molecule has 1 aromatic carbocycles. The van der Waals surface area contributed by atoms with Gasteiger partial charge in [0.2, 0.25) is 17.8 Å². The van der Waals surface area contributed by atoms with Crippen LogP contribution in [0.15, 0.2) is 18.2 Å². The number of benzene rings is 1. The molecule has 2 fully saturated rings.